The molecule has 2 aromatic rings. The lowest BCUT2D eigenvalue weighted by molar-refractivity contribution is 0.438. The van der Waals surface area contributed by atoms with Crippen molar-refractivity contribution in [2.75, 3.05) is 5.73 Å². The van der Waals surface area contributed by atoms with Gasteiger partial charge in [-0.2, -0.15) is 0 Å². The second-order valence-electron chi connectivity index (χ2n) is 3.07. The maximum atomic E-state index is 9.11. The first-order valence-electron chi connectivity index (χ1n) is 4.19. The van der Waals surface area contributed by atoms with E-state index in [4.69, 9.17) is 15.4 Å². The third-order valence-corrected chi connectivity index (χ3v) is 2.10. The second kappa shape index (κ2) is 3.06. The van der Waals surface area contributed by atoms with Gasteiger partial charge in [0.05, 0.1) is 0 Å². The van der Waals surface area contributed by atoms with Gasteiger partial charge in [0.1, 0.15) is 11.4 Å². The van der Waals surface area contributed by atoms with Crippen LogP contribution in [-0.4, -0.2) is 10.3 Å². The van der Waals surface area contributed by atoms with Crippen molar-refractivity contribution >= 4 is 5.88 Å². The number of phenolic OH excluding ortho intramolecular Hbond substituents is 1. The molecule has 0 aliphatic carbocycles. The van der Waals surface area contributed by atoms with Crippen LogP contribution in [0.15, 0.2) is 28.8 Å². The Balaban J connectivity index is 2.49. The highest BCUT2D eigenvalue weighted by molar-refractivity contribution is 5.66. The predicted molar refractivity (Wildman–Crippen MR) is 52.8 cm³/mol. The Morgan fingerprint density at radius 1 is 1.29 bits per heavy atom. The summed E-state index contributed by atoms with van der Waals surface area (Å²) in [6.45, 7) is 1.84. The third-order valence-electron chi connectivity index (χ3n) is 2.10. The van der Waals surface area contributed by atoms with Crippen molar-refractivity contribution in [1.82, 2.24) is 5.16 Å². The van der Waals surface area contributed by atoms with E-state index in [9.17, 15) is 0 Å². The quantitative estimate of drug-likeness (QED) is 0.720. The van der Waals surface area contributed by atoms with Crippen molar-refractivity contribution in [3.63, 3.8) is 0 Å². The van der Waals surface area contributed by atoms with E-state index >= 15 is 0 Å². The molecular formula is C10H10N2O2. The minimum absolute atomic E-state index is 0.225. The maximum Gasteiger partial charge on any atom is 0.225 e. The molecule has 0 spiro atoms. The van der Waals surface area contributed by atoms with Gasteiger partial charge in [0.2, 0.25) is 5.88 Å². The van der Waals surface area contributed by atoms with Crippen LogP contribution in [0.5, 0.6) is 5.75 Å². The summed E-state index contributed by atoms with van der Waals surface area (Å²) in [5.74, 6) is 0.552. The maximum absolute atomic E-state index is 9.11. The molecule has 0 unspecified atom stereocenters. The fourth-order valence-corrected chi connectivity index (χ4v) is 1.24. The van der Waals surface area contributed by atoms with E-state index in [-0.39, 0.29) is 5.75 Å². The number of benzene rings is 1. The molecule has 0 aliphatic rings. The number of phenols is 1. The summed E-state index contributed by atoms with van der Waals surface area (Å²) in [7, 11) is 0. The molecule has 4 heteroatoms. The molecule has 1 aromatic heterocycles. The lowest BCUT2D eigenvalue weighted by atomic mass is 10.1. The SMILES string of the molecule is Cc1c(-c2ccc(O)cc2)noc1N. The Bertz CT molecular complexity index is 446. The van der Waals surface area contributed by atoms with Gasteiger partial charge in [-0.1, -0.05) is 5.16 Å². The third kappa shape index (κ3) is 1.31. The van der Waals surface area contributed by atoms with E-state index in [2.05, 4.69) is 5.16 Å². The van der Waals surface area contributed by atoms with E-state index in [1.807, 2.05) is 6.92 Å². The number of nitrogen functional groups attached to an aromatic ring is 1. The highest BCUT2D eigenvalue weighted by atomic mass is 16.5. The van der Waals surface area contributed by atoms with Crippen LogP contribution in [0.3, 0.4) is 0 Å². The summed E-state index contributed by atoms with van der Waals surface area (Å²) in [6, 6.07) is 6.72. The standard InChI is InChI=1S/C10H10N2O2/c1-6-9(12-14-10(6)11)7-2-4-8(13)5-3-7/h2-5,13H,11H2,1H3. The normalized spacial score (nSPS) is 10.4. The summed E-state index contributed by atoms with van der Waals surface area (Å²) in [5, 5.41) is 12.9. The van der Waals surface area contributed by atoms with Gasteiger partial charge in [0, 0.05) is 11.1 Å². The fourth-order valence-electron chi connectivity index (χ4n) is 1.24. The molecule has 3 N–H and O–H groups in total. The van der Waals surface area contributed by atoms with Crippen molar-refractivity contribution in [2.24, 2.45) is 0 Å². The van der Waals surface area contributed by atoms with Gasteiger partial charge in [0.15, 0.2) is 0 Å². The molecular weight excluding hydrogens is 180 g/mol. The summed E-state index contributed by atoms with van der Waals surface area (Å²) in [4.78, 5) is 0. The van der Waals surface area contributed by atoms with Gasteiger partial charge in [-0.05, 0) is 31.2 Å². The summed E-state index contributed by atoms with van der Waals surface area (Å²) < 4.78 is 4.85. The molecule has 0 fully saturated rings. The number of nitrogens with zero attached hydrogens (tertiary/aromatic N) is 1. The van der Waals surface area contributed by atoms with Gasteiger partial charge < -0.3 is 15.4 Å². The molecule has 1 aromatic carbocycles. The van der Waals surface area contributed by atoms with Gasteiger partial charge in [-0.3, -0.25) is 0 Å². The average Bonchev–Trinajstić information content (AvgIpc) is 2.50. The monoisotopic (exact) mass is 190 g/mol. The van der Waals surface area contributed by atoms with Crippen LogP contribution in [0, 0.1) is 6.92 Å². The number of anilines is 1. The lowest BCUT2D eigenvalue weighted by Crippen LogP contribution is -1.84. The van der Waals surface area contributed by atoms with Crippen LogP contribution in [0.4, 0.5) is 5.88 Å². The highest BCUT2D eigenvalue weighted by Crippen LogP contribution is 2.26. The van der Waals surface area contributed by atoms with Crippen LogP contribution in [0.2, 0.25) is 0 Å². The van der Waals surface area contributed by atoms with Crippen LogP contribution in [0.1, 0.15) is 5.56 Å². The Morgan fingerprint density at radius 3 is 2.43 bits per heavy atom. The molecule has 2 rings (SSSR count). The van der Waals surface area contributed by atoms with Gasteiger partial charge >= 0.3 is 0 Å². The van der Waals surface area contributed by atoms with Gasteiger partial charge in [-0.15, -0.1) is 0 Å². The lowest BCUT2D eigenvalue weighted by Gasteiger charge is -1.97. The van der Waals surface area contributed by atoms with Crippen molar-refractivity contribution < 1.29 is 9.63 Å². The average molecular weight is 190 g/mol. The molecule has 0 saturated heterocycles. The molecule has 0 aliphatic heterocycles. The molecule has 4 nitrogen and oxygen atoms in total. The van der Waals surface area contributed by atoms with E-state index in [0.717, 1.165) is 11.1 Å². The minimum Gasteiger partial charge on any atom is -0.508 e. The zero-order valence-electron chi connectivity index (χ0n) is 7.69. The number of hydrogen-bond acceptors (Lipinski definition) is 4. The number of aromatic hydroxyl groups is 1. The zero-order valence-corrected chi connectivity index (χ0v) is 7.69. The summed E-state index contributed by atoms with van der Waals surface area (Å²) in [6.07, 6.45) is 0. The van der Waals surface area contributed by atoms with E-state index in [1.54, 1.807) is 24.3 Å². The molecule has 14 heavy (non-hydrogen) atoms. The topological polar surface area (TPSA) is 72.3 Å². The van der Waals surface area contributed by atoms with Crippen LogP contribution < -0.4 is 5.73 Å². The van der Waals surface area contributed by atoms with Crippen molar-refractivity contribution in [1.29, 1.82) is 0 Å². The molecule has 0 radical (unpaired) electrons. The van der Waals surface area contributed by atoms with Gasteiger partial charge in [0.25, 0.3) is 0 Å². The minimum atomic E-state index is 0.225. The Labute approximate surface area is 81.0 Å². The number of rotatable bonds is 1. The van der Waals surface area contributed by atoms with Gasteiger partial charge in [-0.25, -0.2) is 0 Å². The van der Waals surface area contributed by atoms with Crippen LogP contribution in [-0.2, 0) is 0 Å². The van der Waals surface area contributed by atoms with Crippen LogP contribution in [0.25, 0.3) is 11.3 Å². The first-order chi connectivity index (χ1) is 6.68. The van der Waals surface area contributed by atoms with E-state index < -0.39 is 0 Å². The van der Waals surface area contributed by atoms with E-state index in [0.29, 0.717) is 11.6 Å². The molecule has 0 saturated carbocycles. The first kappa shape index (κ1) is 8.62. The molecule has 0 amide bonds. The Kier molecular flexibility index (Phi) is 1.89. The number of hydrogen-bond donors (Lipinski definition) is 2. The van der Waals surface area contributed by atoms with Crippen molar-refractivity contribution in [3.8, 4) is 17.0 Å². The van der Waals surface area contributed by atoms with Crippen molar-refractivity contribution in [2.45, 2.75) is 6.92 Å². The molecule has 0 atom stereocenters. The zero-order chi connectivity index (χ0) is 10.1. The smallest absolute Gasteiger partial charge is 0.225 e. The first-order valence-corrected chi connectivity index (χ1v) is 4.19. The number of nitrogens with two attached hydrogens (primary N) is 1. The predicted octanol–water partition coefficient (Wildman–Crippen LogP) is 1.94. The summed E-state index contributed by atoms with van der Waals surface area (Å²) in [5.41, 5.74) is 7.93. The summed E-state index contributed by atoms with van der Waals surface area (Å²) >= 11 is 0. The molecule has 72 valence electrons. The second-order valence-corrected chi connectivity index (χ2v) is 3.07. The highest BCUT2D eigenvalue weighted by Gasteiger charge is 2.10. The number of aromatic nitrogens is 1. The Morgan fingerprint density at radius 2 is 1.93 bits per heavy atom. The van der Waals surface area contributed by atoms with Crippen molar-refractivity contribution in [3.05, 3.63) is 29.8 Å². The largest absolute Gasteiger partial charge is 0.508 e. The fraction of sp³-hybridized carbons (Fsp3) is 0.100. The Hall–Kier alpha value is -1.97. The molecule has 1 heterocycles. The molecule has 0 bridgehead atoms. The van der Waals surface area contributed by atoms with Crippen LogP contribution >= 0.6 is 0 Å². The van der Waals surface area contributed by atoms with E-state index in [1.165, 1.54) is 0 Å².